The molecule has 0 unspecified atom stereocenters. The lowest BCUT2D eigenvalue weighted by molar-refractivity contribution is 0.0945. The van der Waals surface area contributed by atoms with Crippen LogP contribution in [0.1, 0.15) is 16.8 Å². The van der Waals surface area contributed by atoms with E-state index in [-0.39, 0.29) is 0 Å². The molecule has 88 valence electrons. The Bertz CT molecular complexity index is 349. The summed E-state index contributed by atoms with van der Waals surface area (Å²) in [5, 5.41) is 5.36. The van der Waals surface area contributed by atoms with E-state index in [1.54, 1.807) is 7.05 Å². The largest absolute Gasteiger partial charge is 0.352 e. The summed E-state index contributed by atoms with van der Waals surface area (Å²) < 4.78 is 26.3. The molecule has 0 aliphatic carbocycles. The van der Waals surface area contributed by atoms with Crippen LogP contribution < -0.4 is 10.6 Å². The number of halogens is 2. The lowest BCUT2D eigenvalue weighted by atomic mass is 10.2. The quantitative estimate of drug-likeness (QED) is 0.746. The number of amides is 1. The van der Waals surface area contributed by atoms with E-state index in [0.29, 0.717) is 13.0 Å². The van der Waals surface area contributed by atoms with Gasteiger partial charge < -0.3 is 10.6 Å². The van der Waals surface area contributed by atoms with Crippen LogP contribution >= 0.6 is 0 Å². The molecule has 1 rings (SSSR count). The van der Waals surface area contributed by atoms with E-state index in [9.17, 15) is 13.6 Å². The summed E-state index contributed by atoms with van der Waals surface area (Å²) in [5.74, 6) is -2.40. The molecule has 5 heteroatoms. The molecule has 0 aromatic heterocycles. The molecule has 1 aromatic rings. The summed E-state index contributed by atoms with van der Waals surface area (Å²) in [4.78, 5) is 11.4. The van der Waals surface area contributed by atoms with Crippen LogP contribution in [0.15, 0.2) is 18.2 Å². The first-order valence-electron chi connectivity index (χ1n) is 5.03. The van der Waals surface area contributed by atoms with Crippen molar-refractivity contribution in [3.8, 4) is 0 Å². The monoisotopic (exact) mass is 228 g/mol. The predicted octanol–water partition coefficient (Wildman–Crippen LogP) is 1.30. The molecule has 3 nitrogen and oxygen atoms in total. The van der Waals surface area contributed by atoms with Gasteiger partial charge in [-0.2, -0.15) is 0 Å². The third-order valence-electron chi connectivity index (χ3n) is 2.08. The lowest BCUT2D eigenvalue weighted by Crippen LogP contribution is -2.28. The Morgan fingerprint density at radius 1 is 1.25 bits per heavy atom. The number of hydrogen-bond acceptors (Lipinski definition) is 2. The van der Waals surface area contributed by atoms with Gasteiger partial charge in [0.15, 0.2) is 0 Å². The maximum atomic E-state index is 13.2. The van der Waals surface area contributed by atoms with Crippen LogP contribution in [0.3, 0.4) is 0 Å². The highest BCUT2D eigenvalue weighted by Gasteiger charge is 2.15. The first-order valence-corrected chi connectivity index (χ1v) is 5.03. The molecule has 0 saturated carbocycles. The minimum absolute atomic E-state index is 0.382. The minimum atomic E-state index is -0.842. The molecule has 1 aromatic carbocycles. The number of carbonyl (C=O) groups is 1. The molecular formula is C11H14F2N2O. The van der Waals surface area contributed by atoms with Gasteiger partial charge in [-0.3, -0.25) is 4.79 Å². The first-order chi connectivity index (χ1) is 7.66. The van der Waals surface area contributed by atoms with Crippen LogP contribution in [-0.2, 0) is 0 Å². The number of hydrogen-bond donors (Lipinski definition) is 2. The highest BCUT2D eigenvalue weighted by Crippen LogP contribution is 2.11. The van der Waals surface area contributed by atoms with Gasteiger partial charge in [-0.05, 0) is 32.1 Å². The highest BCUT2D eigenvalue weighted by atomic mass is 19.1. The van der Waals surface area contributed by atoms with E-state index in [4.69, 9.17) is 0 Å². The van der Waals surface area contributed by atoms with Crippen molar-refractivity contribution in [1.29, 1.82) is 0 Å². The van der Waals surface area contributed by atoms with Crippen LogP contribution in [0.2, 0.25) is 0 Å². The van der Waals surface area contributed by atoms with Gasteiger partial charge in [0.1, 0.15) is 17.2 Å². The summed E-state index contributed by atoms with van der Waals surface area (Å²) in [5.41, 5.74) is -0.521. The van der Waals surface area contributed by atoms with Gasteiger partial charge in [0, 0.05) is 6.54 Å². The van der Waals surface area contributed by atoms with Crippen LogP contribution in [0, 0.1) is 11.6 Å². The van der Waals surface area contributed by atoms with Gasteiger partial charge in [0.2, 0.25) is 0 Å². The fraction of sp³-hybridized carbons (Fsp3) is 0.364. The van der Waals surface area contributed by atoms with E-state index in [1.807, 2.05) is 0 Å². The molecule has 16 heavy (non-hydrogen) atoms. The number of nitrogens with one attached hydrogen (secondary N) is 2. The average molecular weight is 228 g/mol. The minimum Gasteiger partial charge on any atom is -0.352 e. The molecule has 0 saturated heterocycles. The van der Waals surface area contributed by atoms with Crippen molar-refractivity contribution >= 4 is 5.91 Å². The zero-order valence-corrected chi connectivity index (χ0v) is 9.02. The van der Waals surface area contributed by atoms with Gasteiger partial charge in [-0.1, -0.05) is 6.07 Å². The Kier molecular flexibility index (Phi) is 4.85. The van der Waals surface area contributed by atoms with Crippen molar-refractivity contribution in [3.63, 3.8) is 0 Å². The van der Waals surface area contributed by atoms with Gasteiger partial charge in [-0.25, -0.2) is 8.78 Å². The second-order valence-electron chi connectivity index (χ2n) is 3.31. The second-order valence-corrected chi connectivity index (χ2v) is 3.31. The Labute approximate surface area is 92.8 Å². The van der Waals surface area contributed by atoms with E-state index < -0.39 is 23.1 Å². The normalized spacial score (nSPS) is 10.2. The maximum Gasteiger partial charge on any atom is 0.257 e. The molecule has 0 atom stereocenters. The molecule has 0 fully saturated rings. The van der Waals surface area contributed by atoms with Gasteiger partial charge in [0.25, 0.3) is 5.91 Å². The summed E-state index contributed by atoms with van der Waals surface area (Å²) >= 11 is 0. The second kappa shape index (κ2) is 6.17. The molecular weight excluding hydrogens is 214 g/mol. The molecule has 1 amide bonds. The van der Waals surface area contributed by atoms with Crippen LogP contribution in [0.5, 0.6) is 0 Å². The molecule has 0 aliphatic heterocycles. The number of rotatable bonds is 5. The summed E-state index contributed by atoms with van der Waals surface area (Å²) in [7, 11) is 1.79. The van der Waals surface area contributed by atoms with E-state index >= 15 is 0 Å². The van der Waals surface area contributed by atoms with Crippen molar-refractivity contribution in [2.75, 3.05) is 20.1 Å². The van der Waals surface area contributed by atoms with Gasteiger partial charge in [0.05, 0.1) is 0 Å². The Morgan fingerprint density at radius 3 is 2.44 bits per heavy atom. The zero-order chi connectivity index (χ0) is 12.0. The topological polar surface area (TPSA) is 41.1 Å². The summed E-state index contributed by atoms with van der Waals surface area (Å²) in [6.45, 7) is 1.12. The molecule has 0 heterocycles. The number of carbonyl (C=O) groups excluding carboxylic acids is 1. The average Bonchev–Trinajstić information content (AvgIpc) is 2.24. The van der Waals surface area contributed by atoms with Crippen molar-refractivity contribution in [2.45, 2.75) is 6.42 Å². The van der Waals surface area contributed by atoms with E-state index in [2.05, 4.69) is 10.6 Å². The third kappa shape index (κ3) is 3.27. The molecule has 0 radical (unpaired) electrons. The molecule has 0 spiro atoms. The van der Waals surface area contributed by atoms with E-state index in [0.717, 1.165) is 18.7 Å². The number of benzene rings is 1. The maximum absolute atomic E-state index is 13.2. The summed E-state index contributed by atoms with van der Waals surface area (Å²) in [6.07, 6.45) is 0.707. The smallest absolute Gasteiger partial charge is 0.257 e. The molecule has 0 aliphatic rings. The van der Waals surface area contributed by atoms with Crippen molar-refractivity contribution in [1.82, 2.24) is 10.6 Å². The highest BCUT2D eigenvalue weighted by molar-refractivity contribution is 5.94. The Hall–Kier alpha value is -1.49. The van der Waals surface area contributed by atoms with Crippen molar-refractivity contribution in [2.24, 2.45) is 0 Å². The van der Waals surface area contributed by atoms with Crippen molar-refractivity contribution < 1.29 is 13.6 Å². The molecule has 0 bridgehead atoms. The fourth-order valence-electron chi connectivity index (χ4n) is 1.27. The fourth-order valence-corrected chi connectivity index (χ4v) is 1.27. The van der Waals surface area contributed by atoms with Gasteiger partial charge in [-0.15, -0.1) is 0 Å². The SMILES string of the molecule is CNCCCNC(=O)c1c(F)cccc1F. The predicted molar refractivity (Wildman–Crippen MR) is 57.2 cm³/mol. The molecule has 2 N–H and O–H groups in total. The zero-order valence-electron chi connectivity index (χ0n) is 9.02. The van der Waals surface area contributed by atoms with Crippen LogP contribution in [-0.4, -0.2) is 26.0 Å². The van der Waals surface area contributed by atoms with Gasteiger partial charge >= 0.3 is 0 Å². The third-order valence-corrected chi connectivity index (χ3v) is 2.08. The summed E-state index contributed by atoms with van der Waals surface area (Å²) in [6, 6.07) is 3.35. The van der Waals surface area contributed by atoms with E-state index in [1.165, 1.54) is 6.07 Å². The lowest BCUT2D eigenvalue weighted by Gasteiger charge is -2.06. The van der Waals surface area contributed by atoms with Crippen LogP contribution in [0.25, 0.3) is 0 Å². The Morgan fingerprint density at radius 2 is 1.88 bits per heavy atom. The Balaban J connectivity index is 2.59. The first kappa shape index (κ1) is 12.6. The standard InChI is InChI=1S/C11H14F2N2O/c1-14-6-3-7-15-11(16)10-8(12)4-2-5-9(10)13/h2,4-5,14H,3,6-7H2,1H3,(H,15,16). The van der Waals surface area contributed by atoms with Crippen molar-refractivity contribution in [3.05, 3.63) is 35.4 Å². The van der Waals surface area contributed by atoms with Crippen LogP contribution in [0.4, 0.5) is 8.78 Å².